The van der Waals surface area contributed by atoms with Crippen LogP contribution in [0.25, 0.3) is 10.4 Å². The molecule has 0 radical (unpaired) electrons. The molecular formula is C7H12N4O. The van der Waals surface area contributed by atoms with Crippen LogP contribution in [0.5, 0.6) is 0 Å². The van der Waals surface area contributed by atoms with Gasteiger partial charge in [-0.3, -0.25) is 4.79 Å². The molecule has 1 amide bonds. The highest BCUT2D eigenvalue weighted by Crippen LogP contribution is 2.19. The van der Waals surface area contributed by atoms with Crippen molar-refractivity contribution in [2.45, 2.75) is 19.9 Å². The van der Waals surface area contributed by atoms with Gasteiger partial charge >= 0.3 is 0 Å². The van der Waals surface area contributed by atoms with Crippen LogP contribution in [0.1, 0.15) is 13.8 Å². The van der Waals surface area contributed by atoms with Crippen molar-refractivity contribution in [2.24, 2.45) is 11.0 Å². The van der Waals surface area contributed by atoms with E-state index in [0.717, 1.165) is 0 Å². The smallest absolute Gasteiger partial charge is 0.219 e. The summed E-state index contributed by atoms with van der Waals surface area (Å²) in [6, 6.07) is -0.0427. The highest BCUT2D eigenvalue weighted by molar-refractivity contribution is 5.73. The Kier molecular flexibility index (Phi) is 2.55. The molecule has 0 unspecified atom stereocenters. The molecule has 5 heteroatoms. The number of amides is 1. The number of carbonyl (C=O) groups is 1. The van der Waals surface area contributed by atoms with Crippen molar-refractivity contribution < 1.29 is 4.79 Å². The Morgan fingerprint density at radius 3 is 2.75 bits per heavy atom. The number of azide groups is 1. The molecule has 5 nitrogen and oxygen atoms in total. The van der Waals surface area contributed by atoms with E-state index < -0.39 is 0 Å². The van der Waals surface area contributed by atoms with Crippen molar-refractivity contribution in [3.63, 3.8) is 0 Å². The fourth-order valence-electron chi connectivity index (χ4n) is 1.42. The fourth-order valence-corrected chi connectivity index (χ4v) is 1.42. The summed E-state index contributed by atoms with van der Waals surface area (Å²) < 4.78 is 0. The normalized spacial score (nSPS) is 28.3. The molecule has 2 atom stereocenters. The molecule has 1 saturated heterocycles. The molecule has 0 aromatic heterocycles. The van der Waals surface area contributed by atoms with Crippen LogP contribution in [0, 0.1) is 5.92 Å². The maximum absolute atomic E-state index is 10.9. The molecule has 0 aliphatic carbocycles. The van der Waals surface area contributed by atoms with Gasteiger partial charge in [0.2, 0.25) is 5.91 Å². The molecule has 12 heavy (non-hydrogen) atoms. The Balaban J connectivity index is 2.61. The summed E-state index contributed by atoms with van der Waals surface area (Å²) in [7, 11) is 0. The molecule has 1 heterocycles. The minimum atomic E-state index is -0.0427. The van der Waals surface area contributed by atoms with Crippen LogP contribution in [0.15, 0.2) is 5.11 Å². The molecule has 1 aliphatic rings. The van der Waals surface area contributed by atoms with E-state index in [1.165, 1.54) is 6.92 Å². The predicted octanol–water partition coefficient (Wildman–Crippen LogP) is 1.16. The van der Waals surface area contributed by atoms with Gasteiger partial charge in [-0.1, -0.05) is 12.0 Å². The Morgan fingerprint density at radius 1 is 1.67 bits per heavy atom. The van der Waals surface area contributed by atoms with Crippen molar-refractivity contribution in [3.8, 4) is 0 Å². The SMILES string of the molecule is CC(=O)N1C[C@@H](C)[C@H](N=[N+]=[N-])C1. The first-order valence-corrected chi connectivity index (χ1v) is 3.95. The van der Waals surface area contributed by atoms with Gasteiger partial charge in [0.15, 0.2) is 0 Å². The Hall–Kier alpha value is -1.22. The second kappa shape index (κ2) is 3.45. The molecule has 0 aromatic carbocycles. The third kappa shape index (κ3) is 1.68. The lowest BCUT2D eigenvalue weighted by Gasteiger charge is -2.11. The van der Waals surface area contributed by atoms with Crippen LogP contribution in [0.2, 0.25) is 0 Å². The molecule has 0 bridgehead atoms. The summed E-state index contributed by atoms with van der Waals surface area (Å²) >= 11 is 0. The van der Waals surface area contributed by atoms with Crippen molar-refractivity contribution >= 4 is 5.91 Å². The van der Waals surface area contributed by atoms with Crippen LogP contribution in [-0.2, 0) is 4.79 Å². The van der Waals surface area contributed by atoms with Crippen LogP contribution >= 0.6 is 0 Å². The van der Waals surface area contributed by atoms with Gasteiger partial charge in [0.25, 0.3) is 0 Å². The lowest BCUT2D eigenvalue weighted by atomic mass is 10.1. The van der Waals surface area contributed by atoms with E-state index in [0.29, 0.717) is 13.1 Å². The number of carbonyl (C=O) groups excluding carboxylic acids is 1. The van der Waals surface area contributed by atoms with Crippen molar-refractivity contribution in [1.29, 1.82) is 0 Å². The molecule has 1 aliphatic heterocycles. The highest BCUT2D eigenvalue weighted by Gasteiger charge is 2.29. The fraction of sp³-hybridized carbons (Fsp3) is 0.857. The minimum Gasteiger partial charge on any atom is -0.342 e. The zero-order valence-electron chi connectivity index (χ0n) is 7.27. The predicted molar refractivity (Wildman–Crippen MR) is 44.4 cm³/mol. The van der Waals surface area contributed by atoms with E-state index >= 15 is 0 Å². The largest absolute Gasteiger partial charge is 0.342 e. The average molecular weight is 168 g/mol. The lowest BCUT2D eigenvalue weighted by Crippen LogP contribution is -2.26. The summed E-state index contributed by atoms with van der Waals surface area (Å²) in [4.78, 5) is 15.4. The first-order chi connectivity index (χ1) is 5.65. The molecule has 1 fully saturated rings. The van der Waals surface area contributed by atoms with Crippen molar-refractivity contribution in [2.75, 3.05) is 13.1 Å². The first-order valence-electron chi connectivity index (χ1n) is 3.95. The number of likely N-dealkylation sites (tertiary alicyclic amines) is 1. The second-order valence-electron chi connectivity index (χ2n) is 3.17. The van der Waals surface area contributed by atoms with E-state index in [1.807, 2.05) is 6.92 Å². The Labute approximate surface area is 71.0 Å². The zero-order valence-corrected chi connectivity index (χ0v) is 7.27. The second-order valence-corrected chi connectivity index (χ2v) is 3.17. The van der Waals surface area contributed by atoms with Gasteiger partial charge in [-0.05, 0) is 11.4 Å². The standard InChI is InChI=1S/C7H12N4O/c1-5-3-11(6(2)12)4-7(5)9-10-8/h5,7H,3-4H2,1-2H3/t5-,7-/m1/s1. The molecule has 0 aromatic rings. The topological polar surface area (TPSA) is 69.1 Å². The maximum Gasteiger partial charge on any atom is 0.219 e. The average Bonchev–Trinajstić information content (AvgIpc) is 2.34. The van der Waals surface area contributed by atoms with Gasteiger partial charge in [-0.15, -0.1) is 0 Å². The maximum atomic E-state index is 10.9. The Morgan fingerprint density at radius 2 is 2.33 bits per heavy atom. The molecule has 0 N–H and O–H groups in total. The van der Waals surface area contributed by atoms with E-state index in [4.69, 9.17) is 5.53 Å². The van der Waals surface area contributed by atoms with Crippen LogP contribution in [-0.4, -0.2) is 29.9 Å². The van der Waals surface area contributed by atoms with Crippen LogP contribution in [0.3, 0.4) is 0 Å². The minimum absolute atomic E-state index is 0.0427. The van der Waals surface area contributed by atoms with Gasteiger partial charge in [0.1, 0.15) is 0 Å². The third-order valence-electron chi connectivity index (χ3n) is 2.22. The monoisotopic (exact) mass is 168 g/mol. The quantitative estimate of drug-likeness (QED) is 0.329. The summed E-state index contributed by atoms with van der Waals surface area (Å²) in [5, 5.41) is 3.62. The van der Waals surface area contributed by atoms with Gasteiger partial charge in [0, 0.05) is 24.9 Å². The highest BCUT2D eigenvalue weighted by atomic mass is 16.2. The third-order valence-corrected chi connectivity index (χ3v) is 2.22. The summed E-state index contributed by atoms with van der Waals surface area (Å²) in [6.45, 7) is 4.80. The number of hydrogen-bond donors (Lipinski definition) is 0. The van der Waals surface area contributed by atoms with Gasteiger partial charge < -0.3 is 4.90 Å². The molecule has 1 rings (SSSR count). The van der Waals surface area contributed by atoms with E-state index in [2.05, 4.69) is 10.0 Å². The van der Waals surface area contributed by atoms with E-state index in [9.17, 15) is 4.79 Å². The van der Waals surface area contributed by atoms with Gasteiger partial charge in [-0.2, -0.15) is 0 Å². The van der Waals surface area contributed by atoms with Crippen LogP contribution in [0.4, 0.5) is 0 Å². The van der Waals surface area contributed by atoms with E-state index in [1.54, 1.807) is 4.90 Å². The summed E-state index contributed by atoms with van der Waals surface area (Å²) in [6.07, 6.45) is 0. The number of rotatable bonds is 1. The van der Waals surface area contributed by atoms with Gasteiger partial charge in [0.05, 0.1) is 6.04 Å². The molecule has 0 spiro atoms. The van der Waals surface area contributed by atoms with Crippen molar-refractivity contribution in [3.05, 3.63) is 10.4 Å². The van der Waals surface area contributed by atoms with E-state index in [-0.39, 0.29) is 17.9 Å². The zero-order chi connectivity index (χ0) is 9.14. The lowest BCUT2D eigenvalue weighted by molar-refractivity contribution is -0.127. The Bertz CT molecular complexity index is 234. The summed E-state index contributed by atoms with van der Waals surface area (Å²) in [5.74, 6) is 0.335. The number of hydrogen-bond acceptors (Lipinski definition) is 2. The molecule has 66 valence electrons. The van der Waals surface area contributed by atoms with Gasteiger partial charge in [-0.25, -0.2) is 0 Å². The van der Waals surface area contributed by atoms with Crippen LogP contribution < -0.4 is 0 Å². The molecular weight excluding hydrogens is 156 g/mol. The van der Waals surface area contributed by atoms with Crippen molar-refractivity contribution in [1.82, 2.24) is 4.90 Å². The molecule has 0 saturated carbocycles. The first kappa shape index (κ1) is 8.87. The summed E-state index contributed by atoms with van der Waals surface area (Å²) in [5.41, 5.74) is 8.22. The number of nitrogens with zero attached hydrogens (tertiary/aromatic N) is 4.